The maximum atomic E-state index is 5.53. The predicted molar refractivity (Wildman–Crippen MR) is 76.3 cm³/mol. The van der Waals surface area contributed by atoms with Crippen molar-refractivity contribution < 1.29 is 4.42 Å². The van der Waals surface area contributed by atoms with Crippen LogP contribution in [0.25, 0.3) is 0 Å². The van der Waals surface area contributed by atoms with E-state index in [4.69, 9.17) is 4.42 Å². The number of nitrogens with one attached hydrogen (secondary N) is 2. The summed E-state index contributed by atoms with van der Waals surface area (Å²) in [5.74, 6) is 3.59. The van der Waals surface area contributed by atoms with E-state index in [0.29, 0.717) is 6.54 Å². The summed E-state index contributed by atoms with van der Waals surface area (Å²) in [6.45, 7) is 7.57. The van der Waals surface area contributed by atoms with Crippen molar-refractivity contribution in [2.75, 3.05) is 17.2 Å². The minimum Gasteiger partial charge on any atom is -0.465 e. The van der Waals surface area contributed by atoms with E-state index in [1.54, 1.807) is 6.33 Å². The summed E-state index contributed by atoms with van der Waals surface area (Å²) < 4.78 is 5.53. The third-order valence-electron chi connectivity index (χ3n) is 2.87. The van der Waals surface area contributed by atoms with Crippen molar-refractivity contribution in [2.24, 2.45) is 0 Å². The van der Waals surface area contributed by atoms with Crippen LogP contribution in [0.4, 0.5) is 11.6 Å². The summed E-state index contributed by atoms with van der Waals surface area (Å²) in [6.07, 6.45) is 2.45. The molecule has 2 aromatic rings. The van der Waals surface area contributed by atoms with Crippen LogP contribution < -0.4 is 10.6 Å². The van der Waals surface area contributed by atoms with E-state index in [1.165, 1.54) is 0 Å². The fraction of sp³-hybridized carbons (Fsp3) is 0.429. The lowest BCUT2D eigenvalue weighted by Gasteiger charge is -2.13. The lowest BCUT2D eigenvalue weighted by molar-refractivity contribution is 0.490. The summed E-state index contributed by atoms with van der Waals surface area (Å²) in [5, 5.41) is 6.56. The number of hydrogen-bond acceptors (Lipinski definition) is 5. The molecule has 0 unspecified atom stereocenters. The van der Waals surface area contributed by atoms with Crippen LogP contribution in [0.2, 0.25) is 0 Å². The quantitative estimate of drug-likeness (QED) is 0.836. The van der Waals surface area contributed by atoms with Gasteiger partial charge in [-0.25, -0.2) is 9.97 Å². The van der Waals surface area contributed by atoms with Crippen LogP contribution in [0.5, 0.6) is 0 Å². The first-order valence-electron chi connectivity index (χ1n) is 6.61. The third kappa shape index (κ3) is 3.24. The number of rotatable bonds is 6. The molecule has 2 N–H and O–H groups in total. The Bertz CT molecular complexity index is 536. The second kappa shape index (κ2) is 6.22. The van der Waals surface area contributed by atoms with Gasteiger partial charge in [0.15, 0.2) is 0 Å². The van der Waals surface area contributed by atoms with Crippen LogP contribution in [0.15, 0.2) is 22.9 Å². The number of furan rings is 1. The largest absolute Gasteiger partial charge is 0.465 e. The molecule has 5 heteroatoms. The molecular weight excluding hydrogens is 240 g/mol. The maximum Gasteiger partial charge on any atom is 0.135 e. The molecule has 0 amide bonds. The summed E-state index contributed by atoms with van der Waals surface area (Å²) in [6, 6.07) is 3.93. The molecule has 0 aliphatic carbocycles. The zero-order chi connectivity index (χ0) is 13.7. The Morgan fingerprint density at radius 1 is 1.11 bits per heavy atom. The molecule has 0 aliphatic heterocycles. The normalized spacial score (nSPS) is 10.5. The highest BCUT2D eigenvalue weighted by Crippen LogP contribution is 2.21. The minimum atomic E-state index is 0.628. The SMILES string of the molecule is CCNc1ncnc(NCc2ccc(C)o2)c1CC. The van der Waals surface area contributed by atoms with Crippen molar-refractivity contribution >= 4 is 11.6 Å². The van der Waals surface area contributed by atoms with Crippen LogP contribution in [-0.2, 0) is 13.0 Å². The highest BCUT2D eigenvalue weighted by molar-refractivity contribution is 5.57. The fourth-order valence-corrected chi connectivity index (χ4v) is 1.97. The van der Waals surface area contributed by atoms with E-state index in [2.05, 4.69) is 34.4 Å². The highest BCUT2D eigenvalue weighted by Gasteiger charge is 2.09. The average Bonchev–Trinajstić information content (AvgIpc) is 2.83. The van der Waals surface area contributed by atoms with Crippen LogP contribution in [0, 0.1) is 6.92 Å². The Morgan fingerprint density at radius 3 is 2.42 bits per heavy atom. The van der Waals surface area contributed by atoms with E-state index < -0.39 is 0 Å². The molecule has 0 radical (unpaired) electrons. The molecule has 0 atom stereocenters. The fourth-order valence-electron chi connectivity index (χ4n) is 1.97. The van der Waals surface area contributed by atoms with Crippen molar-refractivity contribution in [2.45, 2.75) is 33.7 Å². The number of aromatic nitrogens is 2. The molecule has 0 saturated carbocycles. The van der Waals surface area contributed by atoms with Crippen LogP contribution in [-0.4, -0.2) is 16.5 Å². The lowest BCUT2D eigenvalue weighted by Crippen LogP contribution is -2.09. The Balaban J connectivity index is 2.13. The van der Waals surface area contributed by atoms with E-state index in [0.717, 1.165) is 41.7 Å². The summed E-state index contributed by atoms with van der Waals surface area (Å²) in [5.41, 5.74) is 1.10. The Kier molecular flexibility index (Phi) is 4.39. The summed E-state index contributed by atoms with van der Waals surface area (Å²) >= 11 is 0. The van der Waals surface area contributed by atoms with Crippen molar-refractivity contribution in [3.8, 4) is 0 Å². The van der Waals surface area contributed by atoms with Crippen LogP contribution in [0.1, 0.15) is 30.9 Å². The van der Waals surface area contributed by atoms with Crippen molar-refractivity contribution in [1.82, 2.24) is 9.97 Å². The van der Waals surface area contributed by atoms with E-state index in [9.17, 15) is 0 Å². The van der Waals surface area contributed by atoms with Gasteiger partial charge < -0.3 is 15.1 Å². The molecule has 0 bridgehead atoms. The third-order valence-corrected chi connectivity index (χ3v) is 2.87. The second-order valence-corrected chi connectivity index (χ2v) is 4.30. The van der Waals surface area contributed by atoms with Gasteiger partial charge in [0.2, 0.25) is 0 Å². The van der Waals surface area contributed by atoms with E-state index in [1.807, 2.05) is 19.1 Å². The zero-order valence-corrected chi connectivity index (χ0v) is 11.7. The molecule has 0 aromatic carbocycles. The van der Waals surface area contributed by atoms with Gasteiger partial charge in [-0.05, 0) is 32.4 Å². The number of hydrogen-bond donors (Lipinski definition) is 2. The highest BCUT2D eigenvalue weighted by atomic mass is 16.3. The van der Waals surface area contributed by atoms with Gasteiger partial charge in [0.05, 0.1) is 6.54 Å². The molecule has 102 valence electrons. The predicted octanol–water partition coefficient (Wildman–Crippen LogP) is 2.98. The maximum absolute atomic E-state index is 5.53. The Morgan fingerprint density at radius 2 is 1.84 bits per heavy atom. The first-order chi connectivity index (χ1) is 9.24. The molecule has 0 fully saturated rings. The Hall–Kier alpha value is -2.04. The van der Waals surface area contributed by atoms with Gasteiger partial charge in [-0.1, -0.05) is 6.92 Å². The standard InChI is InChI=1S/C14H20N4O/c1-4-12-13(15-5-2)17-9-18-14(12)16-8-11-7-6-10(3)19-11/h6-7,9H,4-5,8H2,1-3H3,(H2,15,16,17,18). The summed E-state index contributed by atoms with van der Waals surface area (Å²) in [4.78, 5) is 8.58. The Labute approximate surface area is 113 Å². The zero-order valence-electron chi connectivity index (χ0n) is 11.7. The van der Waals surface area contributed by atoms with Crippen molar-refractivity contribution in [3.05, 3.63) is 35.5 Å². The molecular formula is C14H20N4O. The topological polar surface area (TPSA) is 63.0 Å². The van der Waals surface area contributed by atoms with Gasteiger partial charge in [0, 0.05) is 12.1 Å². The van der Waals surface area contributed by atoms with Gasteiger partial charge in [-0.3, -0.25) is 0 Å². The molecule has 2 rings (SSSR count). The van der Waals surface area contributed by atoms with Gasteiger partial charge in [-0.2, -0.15) is 0 Å². The van der Waals surface area contributed by atoms with Crippen molar-refractivity contribution in [3.63, 3.8) is 0 Å². The van der Waals surface area contributed by atoms with Gasteiger partial charge >= 0.3 is 0 Å². The summed E-state index contributed by atoms with van der Waals surface area (Å²) in [7, 11) is 0. The monoisotopic (exact) mass is 260 g/mol. The van der Waals surface area contributed by atoms with Crippen LogP contribution in [0.3, 0.4) is 0 Å². The average molecular weight is 260 g/mol. The van der Waals surface area contributed by atoms with E-state index in [-0.39, 0.29) is 0 Å². The van der Waals surface area contributed by atoms with Crippen molar-refractivity contribution in [1.29, 1.82) is 0 Å². The molecule has 5 nitrogen and oxygen atoms in total. The van der Waals surface area contributed by atoms with Gasteiger partial charge in [-0.15, -0.1) is 0 Å². The first-order valence-corrected chi connectivity index (χ1v) is 6.61. The number of aryl methyl sites for hydroxylation is 1. The van der Waals surface area contributed by atoms with E-state index >= 15 is 0 Å². The molecule has 0 saturated heterocycles. The first kappa shape index (κ1) is 13.4. The van der Waals surface area contributed by atoms with Gasteiger partial charge in [0.25, 0.3) is 0 Å². The molecule has 2 heterocycles. The molecule has 2 aromatic heterocycles. The number of nitrogens with zero attached hydrogens (tertiary/aromatic N) is 2. The molecule has 19 heavy (non-hydrogen) atoms. The van der Waals surface area contributed by atoms with Crippen LogP contribution >= 0.6 is 0 Å². The lowest BCUT2D eigenvalue weighted by atomic mass is 10.2. The number of anilines is 2. The minimum absolute atomic E-state index is 0.628. The van der Waals surface area contributed by atoms with Gasteiger partial charge in [0.1, 0.15) is 29.5 Å². The molecule has 0 spiro atoms. The smallest absolute Gasteiger partial charge is 0.135 e. The molecule has 0 aliphatic rings. The second-order valence-electron chi connectivity index (χ2n) is 4.30.